The summed E-state index contributed by atoms with van der Waals surface area (Å²) >= 11 is 1.14. The van der Waals surface area contributed by atoms with Crippen LogP contribution in [0.15, 0.2) is 30.3 Å². The standard InChI is InChI=1S/C16H14F3N3O2S/c1-3-24-21-14(23)13-8-12-9(2)20-22(15(12)25-13)11-6-4-5-10(7-11)16(17,18)19/h4-8H,3H2,1-2H3,(H,21,23). The molecule has 0 saturated carbocycles. The average molecular weight is 369 g/mol. The number of carbonyl (C=O) groups is 1. The van der Waals surface area contributed by atoms with Gasteiger partial charge in [0.25, 0.3) is 5.91 Å². The van der Waals surface area contributed by atoms with Crippen LogP contribution in [0.5, 0.6) is 0 Å². The van der Waals surface area contributed by atoms with Gasteiger partial charge in [-0.25, -0.2) is 10.2 Å². The fraction of sp³-hybridized carbons (Fsp3) is 0.250. The molecular weight excluding hydrogens is 355 g/mol. The Balaban J connectivity index is 2.06. The van der Waals surface area contributed by atoms with Gasteiger partial charge in [-0.2, -0.15) is 18.3 Å². The number of nitrogens with one attached hydrogen (secondary N) is 1. The summed E-state index contributed by atoms with van der Waals surface area (Å²) in [6.45, 7) is 3.80. The number of hydroxylamine groups is 1. The molecule has 0 saturated heterocycles. The number of benzene rings is 1. The molecule has 3 aromatic rings. The zero-order chi connectivity index (χ0) is 18.2. The summed E-state index contributed by atoms with van der Waals surface area (Å²) in [4.78, 5) is 17.9. The van der Waals surface area contributed by atoms with Crippen LogP contribution in [0.4, 0.5) is 13.2 Å². The first-order valence-corrected chi connectivity index (χ1v) is 8.22. The number of halogens is 3. The molecule has 0 unspecified atom stereocenters. The van der Waals surface area contributed by atoms with Crippen molar-refractivity contribution in [3.05, 3.63) is 46.5 Å². The summed E-state index contributed by atoms with van der Waals surface area (Å²) in [6, 6.07) is 6.57. The predicted octanol–water partition coefficient (Wildman–Crippen LogP) is 4.10. The zero-order valence-electron chi connectivity index (χ0n) is 13.3. The van der Waals surface area contributed by atoms with E-state index < -0.39 is 17.6 Å². The summed E-state index contributed by atoms with van der Waals surface area (Å²) in [5.74, 6) is -0.405. The fourth-order valence-corrected chi connectivity index (χ4v) is 3.40. The van der Waals surface area contributed by atoms with E-state index in [2.05, 4.69) is 10.6 Å². The molecule has 3 rings (SSSR count). The molecule has 1 aromatic carbocycles. The lowest BCUT2D eigenvalue weighted by molar-refractivity contribution is -0.137. The number of rotatable bonds is 4. The normalized spacial score (nSPS) is 11.9. The quantitative estimate of drug-likeness (QED) is 0.705. The third kappa shape index (κ3) is 3.38. The molecule has 0 radical (unpaired) electrons. The molecule has 2 heterocycles. The van der Waals surface area contributed by atoms with Crippen LogP contribution in [0, 0.1) is 6.92 Å². The Morgan fingerprint density at radius 3 is 2.80 bits per heavy atom. The Labute approximate surface area is 145 Å². The van der Waals surface area contributed by atoms with Crippen LogP contribution in [-0.2, 0) is 11.0 Å². The second kappa shape index (κ2) is 6.49. The first-order valence-electron chi connectivity index (χ1n) is 7.40. The van der Waals surface area contributed by atoms with E-state index in [1.165, 1.54) is 10.7 Å². The summed E-state index contributed by atoms with van der Waals surface area (Å²) < 4.78 is 40.2. The average Bonchev–Trinajstić information content (AvgIpc) is 3.13. The van der Waals surface area contributed by atoms with Crippen LogP contribution in [0.25, 0.3) is 15.9 Å². The van der Waals surface area contributed by atoms with E-state index in [0.717, 1.165) is 23.5 Å². The van der Waals surface area contributed by atoms with E-state index in [0.29, 0.717) is 27.4 Å². The molecule has 5 nitrogen and oxygen atoms in total. The van der Waals surface area contributed by atoms with Crippen molar-refractivity contribution in [1.82, 2.24) is 15.3 Å². The van der Waals surface area contributed by atoms with Gasteiger partial charge in [0, 0.05) is 5.39 Å². The van der Waals surface area contributed by atoms with Gasteiger partial charge in [-0.05, 0) is 38.1 Å². The first kappa shape index (κ1) is 17.4. The molecule has 1 N–H and O–H groups in total. The molecule has 0 fully saturated rings. The number of nitrogens with zero attached hydrogens (tertiary/aromatic N) is 2. The molecule has 0 bridgehead atoms. The van der Waals surface area contributed by atoms with Crippen molar-refractivity contribution in [1.29, 1.82) is 0 Å². The van der Waals surface area contributed by atoms with Crippen molar-refractivity contribution in [3.63, 3.8) is 0 Å². The number of thiophene rings is 1. The van der Waals surface area contributed by atoms with Gasteiger partial charge in [-0.15, -0.1) is 11.3 Å². The number of aromatic nitrogens is 2. The molecule has 0 aliphatic carbocycles. The second-order valence-corrected chi connectivity index (χ2v) is 6.27. The zero-order valence-corrected chi connectivity index (χ0v) is 14.2. The van der Waals surface area contributed by atoms with Gasteiger partial charge in [0.2, 0.25) is 0 Å². The minimum Gasteiger partial charge on any atom is -0.274 e. The maximum absolute atomic E-state index is 12.9. The van der Waals surface area contributed by atoms with Gasteiger partial charge in [0.05, 0.1) is 28.4 Å². The Morgan fingerprint density at radius 1 is 1.36 bits per heavy atom. The lowest BCUT2D eigenvalue weighted by Crippen LogP contribution is -2.22. The van der Waals surface area contributed by atoms with Gasteiger partial charge in [0.15, 0.2) is 0 Å². The minimum atomic E-state index is -4.44. The number of fused-ring (bicyclic) bond motifs is 1. The van der Waals surface area contributed by atoms with Crippen LogP contribution in [0.3, 0.4) is 0 Å². The van der Waals surface area contributed by atoms with Crippen molar-refractivity contribution >= 4 is 27.5 Å². The van der Waals surface area contributed by atoms with Gasteiger partial charge >= 0.3 is 6.18 Å². The first-order chi connectivity index (χ1) is 11.8. The van der Waals surface area contributed by atoms with Crippen molar-refractivity contribution in [3.8, 4) is 5.69 Å². The van der Waals surface area contributed by atoms with E-state index in [9.17, 15) is 18.0 Å². The smallest absolute Gasteiger partial charge is 0.274 e. The third-order valence-corrected chi connectivity index (χ3v) is 4.61. The maximum Gasteiger partial charge on any atom is 0.416 e. The largest absolute Gasteiger partial charge is 0.416 e. The van der Waals surface area contributed by atoms with E-state index in [1.54, 1.807) is 26.0 Å². The summed E-state index contributed by atoms with van der Waals surface area (Å²) in [6.07, 6.45) is -4.44. The highest BCUT2D eigenvalue weighted by atomic mass is 32.1. The molecule has 0 aliphatic rings. The van der Waals surface area contributed by atoms with E-state index in [4.69, 9.17) is 4.84 Å². The van der Waals surface area contributed by atoms with Crippen LogP contribution >= 0.6 is 11.3 Å². The maximum atomic E-state index is 12.9. The number of alkyl halides is 3. The highest BCUT2D eigenvalue weighted by Crippen LogP contribution is 2.33. The Bertz CT molecular complexity index is 930. The molecule has 1 amide bonds. The number of aryl methyl sites for hydroxylation is 1. The minimum absolute atomic E-state index is 0.284. The third-order valence-electron chi connectivity index (χ3n) is 3.50. The fourth-order valence-electron chi connectivity index (χ4n) is 2.34. The van der Waals surface area contributed by atoms with E-state index >= 15 is 0 Å². The molecule has 0 spiro atoms. The van der Waals surface area contributed by atoms with E-state index in [1.807, 2.05) is 0 Å². The second-order valence-electron chi connectivity index (χ2n) is 5.24. The molecule has 25 heavy (non-hydrogen) atoms. The summed E-state index contributed by atoms with van der Waals surface area (Å²) in [5.41, 5.74) is 2.46. The summed E-state index contributed by atoms with van der Waals surface area (Å²) in [7, 11) is 0. The topological polar surface area (TPSA) is 56.1 Å². The Morgan fingerprint density at radius 2 is 2.12 bits per heavy atom. The summed E-state index contributed by atoms with van der Waals surface area (Å²) in [5, 5.41) is 5.01. The number of hydrogen-bond acceptors (Lipinski definition) is 4. The Hall–Kier alpha value is -2.39. The molecule has 132 valence electrons. The lowest BCUT2D eigenvalue weighted by atomic mass is 10.2. The van der Waals surface area contributed by atoms with Crippen LogP contribution in [0.1, 0.15) is 27.9 Å². The van der Waals surface area contributed by atoms with Crippen LogP contribution in [0.2, 0.25) is 0 Å². The molecule has 0 atom stereocenters. The molecule has 9 heteroatoms. The van der Waals surface area contributed by atoms with Crippen LogP contribution < -0.4 is 5.48 Å². The Kier molecular flexibility index (Phi) is 4.53. The number of hydrogen-bond donors (Lipinski definition) is 1. The van der Waals surface area contributed by atoms with Gasteiger partial charge in [-0.3, -0.25) is 9.63 Å². The van der Waals surface area contributed by atoms with Crippen molar-refractivity contribution in [2.45, 2.75) is 20.0 Å². The molecule has 0 aliphatic heterocycles. The van der Waals surface area contributed by atoms with Crippen molar-refractivity contribution in [2.24, 2.45) is 0 Å². The van der Waals surface area contributed by atoms with Gasteiger partial charge in [-0.1, -0.05) is 6.07 Å². The van der Waals surface area contributed by atoms with Gasteiger partial charge < -0.3 is 0 Å². The highest BCUT2D eigenvalue weighted by molar-refractivity contribution is 7.20. The number of carbonyl (C=O) groups excluding carboxylic acids is 1. The monoisotopic (exact) mass is 369 g/mol. The molecular formula is C16H14F3N3O2S. The van der Waals surface area contributed by atoms with Crippen molar-refractivity contribution < 1.29 is 22.8 Å². The predicted molar refractivity (Wildman–Crippen MR) is 87.8 cm³/mol. The number of amides is 1. The van der Waals surface area contributed by atoms with E-state index in [-0.39, 0.29) is 5.69 Å². The molecule has 2 aromatic heterocycles. The SMILES string of the molecule is CCONC(=O)c1cc2c(C)nn(-c3cccc(C(F)(F)F)c3)c2s1. The highest BCUT2D eigenvalue weighted by Gasteiger charge is 2.30. The van der Waals surface area contributed by atoms with Crippen LogP contribution in [-0.4, -0.2) is 22.3 Å². The van der Waals surface area contributed by atoms with Gasteiger partial charge in [0.1, 0.15) is 4.83 Å². The lowest BCUT2D eigenvalue weighted by Gasteiger charge is -2.09. The van der Waals surface area contributed by atoms with Crippen molar-refractivity contribution in [2.75, 3.05) is 6.61 Å².